The first-order valence-electron chi connectivity index (χ1n) is 6.86. The van der Waals surface area contributed by atoms with Crippen molar-refractivity contribution in [3.63, 3.8) is 0 Å². The quantitative estimate of drug-likeness (QED) is 0.722. The van der Waals surface area contributed by atoms with Gasteiger partial charge in [0.15, 0.2) is 0 Å². The summed E-state index contributed by atoms with van der Waals surface area (Å²) in [6.07, 6.45) is 1.22. The molecule has 1 amide bonds. The fraction of sp³-hybridized carbons (Fsp3) is 0.857. The average Bonchev–Trinajstić information content (AvgIpc) is 2.78. The fourth-order valence-corrected chi connectivity index (χ4v) is 2.80. The van der Waals surface area contributed by atoms with Gasteiger partial charge in [0.05, 0.1) is 6.61 Å². The number of carbonyl (C=O) groups excluding carboxylic acids is 2. The van der Waals surface area contributed by atoms with E-state index in [-0.39, 0.29) is 17.4 Å². The van der Waals surface area contributed by atoms with Crippen LogP contribution in [0, 0.1) is 5.41 Å². The highest BCUT2D eigenvalue weighted by Gasteiger charge is 2.65. The maximum absolute atomic E-state index is 12.3. The Balaban J connectivity index is 2.11. The van der Waals surface area contributed by atoms with E-state index in [4.69, 9.17) is 9.47 Å². The summed E-state index contributed by atoms with van der Waals surface area (Å²) in [6, 6.07) is -0.365. The van der Waals surface area contributed by atoms with Gasteiger partial charge < -0.3 is 9.47 Å². The van der Waals surface area contributed by atoms with E-state index >= 15 is 0 Å². The summed E-state index contributed by atoms with van der Waals surface area (Å²) in [6.45, 7) is 9.69. The molecule has 0 bridgehead atoms. The summed E-state index contributed by atoms with van der Waals surface area (Å²) in [5.74, 6) is -0.318. The molecule has 0 aromatic carbocycles. The van der Waals surface area contributed by atoms with Crippen LogP contribution >= 0.6 is 0 Å². The minimum atomic E-state index is -0.551. The van der Waals surface area contributed by atoms with Gasteiger partial charge in [0.1, 0.15) is 11.6 Å². The first-order chi connectivity index (χ1) is 8.68. The highest BCUT2D eigenvalue weighted by molar-refractivity contribution is 5.83. The van der Waals surface area contributed by atoms with Gasteiger partial charge in [-0.05, 0) is 46.0 Å². The van der Waals surface area contributed by atoms with Gasteiger partial charge in [-0.2, -0.15) is 0 Å². The molecule has 5 nitrogen and oxygen atoms in total. The van der Waals surface area contributed by atoms with Crippen molar-refractivity contribution in [1.82, 2.24) is 4.90 Å². The molecule has 1 aliphatic carbocycles. The first-order valence-corrected chi connectivity index (χ1v) is 6.86. The standard InChI is InChI=1S/C14H23NO4/c1-6-18-11(16)9-7-14(5)8-10(14)15(9)12(17)19-13(2,3)4/h9-10H,6-8H2,1-5H3/t9?,10?,14-/m1/s1. The highest BCUT2D eigenvalue weighted by Crippen LogP contribution is 2.59. The van der Waals surface area contributed by atoms with Crippen LogP contribution in [0.5, 0.6) is 0 Å². The molecule has 0 N–H and O–H groups in total. The van der Waals surface area contributed by atoms with E-state index in [2.05, 4.69) is 6.92 Å². The average molecular weight is 269 g/mol. The second-order valence-corrected chi connectivity index (χ2v) is 6.73. The highest BCUT2D eigenvalue weighted by atomic mass is 16.6. The van der Waals surface area contributed by atoms with E-state index in [0.29, 0.717) is 13.0 Å². The predicted molar refractivity (Wildman–Crippen MR) is 69.6 cm³/mol. The van der Waals surface area contributed by atoms with Crippen LogP contribution in [-0.4, -0.2) is 41.3 Å². The molecule has 1 saturated carbocycles. The maximum atomic E-state index is 12.3. The van der Waals surface area contributed by atoms with Crippen LogP contribution in [-0.2, 0) is 14.3 Å². The third-order valence-electron chi connectivity index (χ3n) is 3.80. The van der Waals surface area contributed by atoms with E-state index in [0.717, 1.165) is 6.42 Å². The normalized spacial score (nSPS) is 32.8. The Hall–Kier alpha value is -1.26. The molecule has 0 aromatic rings. The Bertz CT molecular complexity index is 401. The van der Waals surface area contributed by atoms with Crippen LogP contribution in [0.2, 0.25) is 0 Å². The molecule has 2 aliphatic rings. The molecule has 2 fully saturated rings. The van der Waals surface area contributed by atoms with E-state index in [9.17, 15) is 9.59 Å². The van der Waals surface area contributed by atoms with E-state index in [1.807, 2.05) is 20.8 Å². The number of hydrogen-bond donors (Lipinski definition) is 0. The molecule has 3 atom stereocenters. The molecule has 2 rings (SSSR count). The Morgan fingerprint density at radius 2 is 1.95 bits per heavy atom. The van der Waals surface area contributed by atoms with Crippen LogP contribution in [0.15, 0.2) is 0 Å². The third-order valence-corrected chi connectivity index (χ3v) is 3.80. The zero-order valence-electron chi connectivity index (χ0n) is 12.4. The minimum absolute atomic E-state index is 0.0638. The van der Waals surface area contributed by atoms with E-state index in [1.54, 1.807) is 11.8 Å². The monoisotopic (exact) mass is 269 g/mol. The smallest absolute Gasteiger partial charge is 0.411 e. The van der Waals surface area contributed by atoms with Crippen LogP contribution < -0.4 is 0 Å². The summed E-state index contributed by atoms with van der Waals surface area (Å²) in [5, 5.41) is 0. The number of amides is 1. The number of piperidine rings is 1. The lowest BCUT2D eigenvalue weighted by Crippen LogP contribution is -2.46. The molecule has 108 valence electrons. The minimum Gasteiger partial charge on any atom is -0.464 e. The Labute approximate surface area is 114 Å². The number of ether oxygens (including phenoxy) is 2. The number of fused-ring (bicyclic) bond motifs is 1. The zero-order valence-corrected chi connectivity index (χ0v) is 12.4. The zero-order chi connectivity index (χ0) is 14.4. The second-order valence-electron chi connectivity index (χ2n) is 6.73. The van der Waals surface area contributed by atoms with Crippen molar-refractivity contribution in [3.05, 3.63) is 0 Å². The fourth-order valence-electron chi connectivity index (χ4n) is 2.80. The van der Waals surface area contributed by atoms with Crippen LogP contribution in [0.1, 0.15) is 47.5 Å². The Morgan fingerprint density at radius 3 is 2.47 bits per heavy atom. The molecule has 0 radical (unpaired) electrons. The van der Waals surface area contributed by atoms with E-state index in [1.165, 1.54) is 0 Å². The molecule has 1 heterocycles. The van der Waals surface area contributed by atoms with Crippen LogP contribution in [0.4, 0.5) is 4.79 Å². The van der Waals surface area contributed by atoms with Crippen molar-refractivity contribution >= 4 is 12.1 Å². The van der Waals surface area contributed by atoms with Crippen molar-refractivity contribution in [1.29, 1.82) is 0 Å². The molecule has 0 spiro atoms. The van der Waals surface area contributed by atoms with Crippen molar-refractivity contribution < 1.29 is 19.1 Å². The van der Waals surface area contributed by atoms with E-state index < -0.39 is 17.7 Å². The van der Waals surface area contributed by atoms with Crippen molar-refractivity contribution in [2.24, 2.45) is 5.41 Å². The molecule has 0 aromatic heterocycles. The third kappa shape index (κ3) is 2.69. The van der Waals surface area contributed by atoms with Gasteiger partial charge in [-0.1, -0.05) is 6.92 Å². The molecular weight excluding hydrogens is 246 g/mol. The van der Waals surface area contributed by atoms with Gasteiger partial charge in [-0.3, -0.25) is 4.90 Å². The lowest BCUT2D eigenvalue weighted by Gasteiger charge is -2.29. The van der Waals surface area contributed by atoms with Gasteiger partial charge in [0, 0.05) is 6.04 Å². The van der Waals surface area contributed by atoms with Gasteiger partial charge in [-0.15, -0.1) is 0 Å². The summed E-state index contributed by atoms with van der Waals surface area (Å²) < 4.78 is 10.5. The van der Waals surface area contributed by atoms with Gasteiger partial charge in [-0.25, -0.2) is 9.59 Å². The predicted octanol–water partition coefficient (Wildman–Crippen LogP) is 2.34. The molecular formula is C14H23NO4. The molecule has 19 heavy (non-hydrogen) atoms. The van der Waals surface area contributed by atoms with Crippen LogP contribution in [0.25, 0.3) is 0 Å². The maximum Gasteiger partial charge on any atom is 0.411 e. The summed E-state index contributed by atoms with van der Waals surface area (Å²) in [7, 11) is 0. The number of likely N-dealkylation sites (tertiary alicyclic amines) is 1. The van der Waals surface area contributed by atoms with Gasteiger partial charge in [0.2, 0.25) is 0 Å². The van der Waals surface area contributed by atoms with Gasteiger partial charge >= 0.3 is 12.1 Å². The van der Waals surface area contributed by atoms with Crippen LogP contribution in [0.3, 0.4) is 0 Å². The SMILES string of the molecule is CCOC(=O)C1C[C@]2(C)CC2N1C(=O)OC(C)(C)C. The number of nitrogens with zero attached hydrogens (tertiary/aromatic N) is 1. The molecule has 2 unspecified atom stereocenters. The first kappa shape index (κ1) is 14.2. The second kappa shape index (κ2) is 4.39. The molecule has 1 aliphatic heterocycles. The van der Waals surface area contributed by atoms with Crippen molar-refractivity contribution in [3.8, 4) is 0 Å². The van der Waals surface area contributed by atoms with Crippen molar-refractivity contribution in [2.45, 2.75) is 65.1 Å². The summed E-state index contributed by atoms with van der Waals surface area (Å²) in [4.78, 5) is 25.8. The largest absolute Gasteiger partial charge is 0.464 e. The molecule has 5 heteroatoms. The Kier molecular flexibility index (Phi) is 3.27. The Morgan fingerprint density at radius 1 is 1.32 bits per heavy atom. The number of carbonyl (C=O) groups is 2. The molecule has 1 saturated heterocycles. The lowest BCUT2D eigenvalue weighted by atomic mass is 10.0. The topological polar surface area (TPSA) is 55.8 Å². The van der Waals surface area contributed by atoms with Crippen molar-refractivity contribution in [2.75, 3.05) is 6.61 Å². The lowest BCUT2D eigenvalue weighted by molar-refractivity contribution is -0.149. The number of rotatable bonds is 2. The summed E-state index contributed by atoms with van der Waals surface area (Å²) in [5.41, 5.74) is -0.488. The number of esters is 1. The summed E-state index contributed by atoms with van der Waals surface area (Å²) >= 11 is 0. The van der Waals surface area contributed by atoms with Gasteiger partial charge in [0.25, 0.3) is 0 Å². The number of hydrogen-bond acceptors (Lipinski definition) is 4.